The van der Waals surface area contributed by atoms with Crippen molar-refractivity contribution < 1.29 is 0 Å². The fourth-order valence-corrected chi connectivity index (χ4v) is 3.94. The third kappa shape index (κ3) is 9.86. The van der Waals surface area contributed by atoms with E-state index in [4.69, 9.17) is 0 Å². The van der Waals surface area contributed by atoms with Gasteiger partial charge in [0.2, 0.25) is 0 Å². The summed E-state index contributed by atoms with van der Waals surface area (Å²) in [6.45, 7) is 24.0. The Kier molecular flexibility index (Phi) is 23.3. The summed E-state index contributed by atoms with van der Waals surface area (Å²) in [5.41, 5.74) is 9.13. The average molecular weight is 514 g/mol. The van der Waals surface area contributed by atoms with Crippen LogP contribution in [0.15, 0.2) is 103 Å². The number of rotatable bonds is 3. The highest BCUT2D eigenvalue weighted by Crippen LogP contribution is 2.46. The standard InChI is InChI=1S/C25H19N.6C2H6/c1-3-12-21(13-4-1)26(22-14-5-2-6-15-22)24-17-9-11-20-18-19-10-7-8-16-23(19)25(20)24;6*1-2/h1-17H,18H2;6*1-2H3. The molecule has 0 bridgehead atoms. The number of fused-ring (bicyclic) bond motifs is 3. The van der Waals surface area contributed by atoms with E-state index in [9.17, 15) is 0 Å². The molecule has 0 saturated heterocycles. The normalized spacial score (nSPS) is 8.95. The monoisotopic (exact) mass is 513 g/mol. The van der Waals surface area contributed by atoms with E-state index in [-0.39, 0.29) is 0 Å². The maximum absolute atomic E-state index is 2.36. The van der Waals surface area contributed by atoms with Crippen molar-refractivity contribution in [1.82, 2.24) is 0 Å². The second kappa shape index (κ2) is 24.0. The molecular formula is C37H55N. The molecule has 0 unspecified atom stereocenters. The van der Waals surface area contributed by atoms with Crippen molar-refractivity contribution in [2.75, 3.05) is 4.90 Å². The lowest BCUT2D eigenvalue weighted by Crippen LogP contribution is -2.11. The topological polar surface area (TPSA) is 3.24 Å². The molecule has 4 aromatic carbocycles. The van der Waals surface area contributed by atoms with Crippen molar-refractivity contribution in [2.24, 2.45) is 0 Å². The molecule has 0 heterocycles. The minimum Gasteiger partial charge on any atom is -0.310 e. The van der Waals surface area contributed by atoms with Gasteiger partial charge in [0.1, 0.15) is 0 Å². The number of nitrogens with zero attached hydrogens (tertiary/aromatic N) is 1. The van der Waals surface area contributed by atoms with Gasteiger partial charge in [-0.05, 0) is 53.4 Å². The summed E-state index contributed by atoms with van der Waals surface area (Å²) in [6, 6.07) is 36.7. The molecule has 1 heteroatoms. The molecule has 1 nitrogen and oxygen atoms in total. The number of anilines is 3. The van der Waals surface area contributed by atoms with Gasteiger partial charge in [0.15, 0.2) is 0 Å². The summed E-state index contributed by atoms with van der Waals surface area (Å²) < 4.78 is 0. The van der Waals surface area contributed by atoms with Crippen molar-refractivity contribution in [3.05, 3.63) is 114 Å². The maximum atomic E-state index is 2.36. The third-order valence-electron chi connectivity index (χ3n) is 5.07. The zero-order valence-corrected chi connectivity index (χ0v) is 26.5. The van der Waals surface area contributed by atoms with Crippen LogP contribution < -0.4 is 4.90 Å². The zero-order chi connectivity index (χ0) is 29.3. The van der Waals surface area contributed by atoms with Gasteiger partial charge >= 0.3 is 0 Å². The van der Waals surface area contributed by atoms with E-state index in [1.807, 2.05) is 83.1 Å². The van der Waals surface area contributed by atoms with E-state index in [1.54, 1.807) is 0 Å². The smallest absolute Gasteiger partial charge is 0.0543 e. The van der Waals surface area contributed by atoms with Crippen molar-refractivity contribution in [3.8, 4) is 11.1 Å². The van der Waals surface area contributed by atoms with Crippen molar-refractivity contribution in [2.45, 2.75) is 89.5 Å². The van der Waals surface area contributed by atoms with Gasteiger partial charge in [0.05, 0.1) is 5.69 Å². The molecular weight excluding hydrogens is 458 g/mol. The molecule has 0 aromatic heterocycles. The molecule has 0 aliphatic heterocycles. The van der Waals surface area contributed by atoms with Crippen LogP contribution >= 0.6 is 0 Å². The Hall–Kier alpha value is -3.32. The summed E-state index contributed by atoms with van der Waals surface area (Å²) in [4.78, 5) is 2.36. The SMILES string of the molecule is CC.CC.CC.CC.CC.CC.c1ccc(N(c2ccccc2)c2cccc3c2-c2ccccc2C3)cc1. The molecule has 0 atom stereocenters. The third-order valence-corrected chi connectivity index (χ3v) is 5.07. The Balaban J connectivity index is 0. The number of benzene rings is 4. The van der Waals surface area contributed by atoms with Crippen LogP contribution in [0.2, 0.25) is 0 Å². The summed E-state index contributed by atoms with van der Waals surface area (Å²) in [7, 11) is 0. The van der Waals surface area contributed by atoms with Gasteiger partial charge in [-0.25, -0.2) is 0 Å². The predicted molar refractivity (Wildman–Crippen MR) is 177 cm³/mol. The van der Waals surface area contributed by atoms with Gasteiger partial charge < -0.3 is 4.90 Å². The van der Waals surface area contributed by atoms with Gasteiger partial charge in [0, 0.05) is 16.9 Å². The van der Waals surface area contributed by atoms with E-state index in [0.29, 0.717) is 0 Å². The van der Waals surface area contributed by atoms with Crippen LogP contribution in [0.3, 0.4) is 0 Å². The first-order chi connectivity index (χ1) is 18.9. The van der Waals surface area contributed by atoms with Crippen LogP contribution in [0.25, 0.3) is 11.1 Å². The van der Waals surface area contributed by atoms with Gasteiger partial charge in [-0.15, -0.1) is 0 Å². The van der Waals surface area contributed by atoms with Gasteiger partial charge in [-0.3, -0.25) is 0 Å². The molecule has 5 rings (SSSR count). The highest BCUT2D eigenvalue weighted by atomic mass is 15.1. The van der Waals surface area contributed by atoms with E-state index >= 15 is 0 Å². The highest BCUT2D eigenvalue weighted by molar-refractivity contribution is 5.93. The van der Waals surface area contributed by atoms with Crippen LogP contribution in [-0.4, -0.2) is 0 Å². The maximum Gasteiger partial charge on any atom is 0.0543 e. The molecule has 0 fully saturated rings. The summed E-state index contributed by atoms with van der Waals surface area (Å²) in [5, 5.41) is 0. The van der Waals surface area contributed by atoms with E-state index < -0.39 is 0 Å². The average Bonchev–Trinajstić information content (AvgIpc) is 3.44. The molecule has 0 radical (unpaired) electrons. The Morgan fingerprint density at radius 1 is 0.395 bits per heavy atom. The van der Waals surface area contributed by atoms with Crippen molar-refractivity contribution in [3.63, 3.8) is 0 Å². The summed E-state index contributed by atoms with van der Waals surface area (Å²) in [6.07, 6.45) is 1.01. The molecule has 38 heavy (non-hydrogen) atoms. The Bertz CT molecular complexity index is 1010. The number of para-hydroxylation sites is 2. The first-order valence-electron chi connectivity index (χ1n) is 15.0. The minimum absolute atomic E-state index is 1.01. The number of hydrogen-bond donors (Lipinski definition) is 0. The predicted octanol–water partition coefficient (Wildman–Crippen LogP) is 12.9. The molecule has 4 aromatic rings. The molecule has 0 N–H and O–H groups in total. The Morgan fingerprint density at radius 2 is 0.789 bits per heavy atom. The lowest BCUT2D eigenvalue weighted by molar-refractivity contribution is 1.24. The Labute approximate surface area is 236 Å². The van der Waals surface area contributed by atoms with Crippen molar-refractivity contribution in [1.29, 1.82) is 0 Å². The quantitative estimate of drug-likeness (QED) is 0.232. The first kappa shape index (κ1) is 36.8. The van der Waals surface area contributed by atoms with E-state index in [1.165, 1.54) is 39.3 Å². The second-order valence-corrected chi connectivity index (χ2v) is 6.65. The molecule has 0 saturated carbocycles. The largest absolute Gasteiger partial charge is 0.310 e. The van der Waals surface area contributed by atoms with Crippen LogP contribution in [0.1, 0.15) is 94.2 Å². The van der Waals surface area contributed by atoms with E-state index in [2.05, 4.69) is 108 Å². The molecule has 0 spiro atoms. The molecule has 0 amide bonds. The van der Waals surface area contributed by atoms with Crippen LogP contribution in [0.5, 0.6) is 0 Å². The summed E-state index contributed by atoms with van der Waals surface area (Å²) >= 11 is 0. The van der Waals surface area contributed by atoms with Gasteiger partial charge in [-0.2, -0.15) is 0 Å². The molecule has 1 aliphatic carbocycles. The zero-order valence-electron chi connectivity index (χ0n) is 26.5. The van der Waals surface area contributed by atoms with Gasteiger partial charge in [-0.1, -0.05) is 156 Å². The van der Waals surface area contributed by atoms with Crippen molar-refractivity contribution >= 4 is 17.1 Å². The number of hydrogen-bond acceptors (Lipinski definition) is 1. The van der Waals surface area contributed by atoms with Crippen LogP contribution in [0, 0.1) is 0 Å². The van der Waals surface area contributed by atoms with Crippen LogP contribution in [-0.2, 0) is 6.42 Å². The molecule has 208 valence electrons. The fraction of sp³-hybridized carbons (Fsp3) is 0.351. The lowest BCUT2D eigenvalue weighted by Gasteiger charge is -2.27. The van der Waals surface area contributed by atoms with Crippen LogP contribution in [0.4, 0.5) is 17.1 Å². The first-order valence-corrected chi connectivity index (χ1v) is 15.0. The van der Waals surface area contributed by atoms with Gasteiger partial charge in [0.25, 0.3) is 0 Å². The van der Waals surface area contributed by atoms with E-state index in [0.717, 1.165) is 6.42 Å². The minimum atomic E-state index is 1.01. The summed E-state index contributed by atoms with van der Waals surface area (Å²) in [5.74, 6) is 0. The second-order valence-electron chi connectivity index (χ2n) is 6.65. The fourth-order valence-electron chi connectivity index (χ4n) is 3.94. The Morgan fingerprint density at radius 3 is 1.26 bits per heavy atom. The molecule has 1 aliphatic rings. The lowest BCUT2D eigenvalue weighted by atomic mass is 10.0. The highest BCUT2D eigenvalue weighted by Gasteiger charge is 2.24.